The fourth-order valence-corrected chi connectivity index (χ4v) is 2.77. The van der Waals surface area contributed by atoms with Crippen LogP contribution in [-0.2, 0) is 0 Å². The van der Waals surface area contributed by atoms with E-state index in [0.29, 0.717) is 28.8 Å². The molecule has 1 aromatic carbocycles. The molecule has 1 N–H and O–H groups in total. The van der Waals surface area contributed by atoms with Gasteiger partial charge in [0.15, 0.2) is 5.11 Å². The molecule has 7 heteroatoms. The lowest BCUT2D eigenvalue weighted by Crippen LogP contribution is -2.46. The van der Waals surface area contributed by atoms with Crippen LogP contribution in [0.3, 0.4) is 0 Å². The Morgan fingerprint density at radius 3 is 2.76 bits per heavy atom. The smallest absolute Gasteiger partial charge is 0.348 e. The lowest BCUT2D eigenvalue weighted by molar-refractivity contribution is -0.183. The molecule has 1 aliphatic rings. The van der Waals surface area contributed by atoms with Gasteiger partial charge in [-0.15, -0.1) is 0 Å². The van der Waals surface area contributed by atoms with Crippen LogP contribution >= 0.6 is 23.8 Å². The first kappa shape index (κ1) is 16.4. The number of likely N-dealkylation sites (tertiary alicyclic amines) is 1. The maximum atomic E-state index is 12.8. The number of piperidine rings is 1. The van der Waals surface area contributed by atoms with Gasteiger partial charge in [-0.05, 0) is 49.7 Å². The van der Waals surface area contributed by atoms with Gasteiger partial charge in [0.2, 0.25) is 0 Å². The minimum atomic E-state index is -4.17. The average molecular weight is 337 g/mol. The SMILES string of the molecule is Cc1ccc(NC(=S)N2CCCC(C(F)(F)F)C2)cc1Cl. The number of thiocarbonyl (C=S) groups is 1. The van der Waals surface area contributed by atoms with Crippen LogP contribution in [0.25, 0.3) is 0 Å². The molecule has 0 radical (unpaired) electrons. The molecule has 0 amide bonds. The second-order valence-corrected chi connectivity index (χ2v) is 6.01. The summed E-state index contributed by atoms with van der Waals surface area (Å²) in [7, 11) is 0. The number of anilines is 1. The third kappa shape index (κ3) is 4.23. The monoisotopic (exact) mass is 336 g/mol. The Hall–Kier alpha value is -1.01. The molecule has 21 heavy (non-hydrogen) atoms. The molecule has 1 atom stereocenters. The summed E-state index contributed by atoms with van der Waals surface area (Å²) >= 11 is 11.2. The second-order valence-electron chi connectivity index (χ2n) is 5.22. The molecule has 0 aromatic heterocycles. The average Bonchev–Trinajstić information content (AvgIpc) is 2.42. The predicted molar refractivity (Wildman–Crippen MR) is 82.8 cm³/mol. The molecular formula is C14H16ClF3N2S. The minimum absolute atomic E-state index is 0.0884. The number of nitrogens with zero attached hydrogens (tertiary/aromatic N) is 1. The zero-order valence-corrected chi connectivity index (χ0v) is 13.1. The summed E-state index contributed by atoms with van der Waals surface area (Å²) in [6.45, 7) is 2.33. The van der Waals surface area contributed by atoms with Gasteiger partial charge < -0.3 is 10.2 Å². The van der Waals surface area contributed by atoms with E-state index >= 15 is 0 Å². The highest BCUT2D eigenvalue weighted by atomic mass is 35.5. The highest BCUT2D eigenvalue weighted by Gasteiger charge is 2.42. The van der Waals surface area contributed by atoms with Gasteiger partial charge in [-0.1, -0.05) is 17.7 Å². The fourth-order valence-electron chi connectivity index (χ4n) is 2.30. The molecule has 1 aromatic rings. The maximum Gasteiger partial charge on any atom is 0.393 e. The minimum Gasteiger partial charge on any atom is -0.348 e. The largest absolute Gasteiger partial charge is 0.393 e. The van der Waals surface area contributed by atoms with Gasteiger partial charge >= 0.3 is 6.18 Å². The number of aryl methyl sites for hydroxylation is 1. The fraction of sp³-hybridized carbons (Fsp3) is 0.500. The van der Waals surface area contributed by atoms with E-state index in [9.17, 15) is 13.2 Å². The van der Waals surface area contributed by atoms with Gasteiger partial charge in [0, 0.05) is 23.8 Å². The van der Waals surface area contributed by atoms with Crippen LogP contribution in [0.1, 0.15) is 18.4 Å². The van der Waals surface area contributed by atoms with Crippen LogP contribution in [0.15, 0.2) is 18.2 Å². The standard InChI is InChI=1S/C14H16ClF3N2S/c1-9-4-5-11(7-12(9)15)19-13(21)20-6-2-3-10(8-20)14(16,17)18/h4-5,7,10H,2-3,6,8H2,1H3,(H,19,21). The third-order valence-corrected chi connectivity index (χ3v) is 4.36. The molecule has 1 unspecified atom stereocenters. The summed E-state index contributed by atoms with van der Waals surface area (Å²) in [5.41, 5.74) is 1.62. The Morgan fingerprint density at radius 2 is 2.14 bits per heavy atom. The quantitative estimate of drug-likeness (QED) is 0.753. The molecule has 1 aliphatic heterocycles. The Morgan fingerprint density at radius 1 is 1.43 bits per heavy atom. The van der Waals surface area contributed by atoms with Crippen LogP contribution in [0.2, 0.25) is 5.02 Å². The van der Waals surface area contributed by atoms with Crippen molar-refractivity contribution in [2.75, 3.05) is 18.4 Å². The molecular weight excluding hydrogens is 321 g/mol. The van der Waals surface area contributed by atoms with Gasteiger partial charge in [-0.25, -0.2) is 0 Å². The van der Waals surface area contributed by atoms with Gasteiger partial charge in [0.25, 0.3) is 0 Å². The van der Waals surface area contributed by atoms with Crippen molar-refractivity contribution in [3.63, 3.8) is 0 Å². The van der Waals surface area contributed by atoms with Crippen LogP contribution in [0.5, 0.6) is 0 Å². The van der Waals surface area contributed by atoms with E-state index in [2.05, 4.69) is 5.32 Å². The first-order valence-electron chi connectivity index (χ1n) is 6.66. The van der Waals surface area contributed by atoms with Crippen LogP contribution in [0.4, 0.5) is 18.9 Å². The van der Waals surface area contributed by atoms with Crippen LogP contribution < -0.4 is 5.32 Å². The lowest BCUT2D eigenvalue weighted by atomic mass is 9.98. The normalized spacial score (nSPS) is 19.5. The summed E-state index contributed by atoms with van der Waals surface area (Å²) in [4.78, 5) is 1.57. The molecule has 1 heterocycles. The summed E-state index contributed by atoms with van der Waals surface area (Å²) in [5, 5.41) is 3.86. The van der Waals surface area contributed by atoms with Crippen LogP contribution in [0, 0.1) is 12.8 Å². The zero-order valence-electron chi connectivity index (χ0n) is 11.5. The van der Waals surface area contributed by atoms with Crippen LogP contribution in [-0.4, -0.2) is 29.3 Å². The first-order chi connectivity index (χ1) is 9.77. The van der Waals surface area contributed by atoms with E-state index in [0.717, 1.165) is 5.56 Å². The van der Waals surface area contributed by atoms with Crippen molar-refractivity contribution in [3.05, 3.63) is 28.8 Å². The number of benzene rings is 1. The van der Waals surface area contributed by atoms with Crippen molar-refractivity contribution < 1.29 is 13.2 Å². The van der Waals surface area contributed by atoms with E-state index in [1.54, 1.807) is 17.0 Å². The molecule has 0 spiro atoms. The zero-order chi connectivity index (χ0) is 15.6. The molecule has 1 saturated heterocycles. The van der Waals surface area contributed by atoms with E-state index in [-0.39, 0.29) is 13.0 Å². The molecule has 2 rings (SSSR count). The number of halogens is 4. The molecule has 0 aliphatic carbocycles. The Labute approximate surface area is 132 Å². The van der Waals surface area contributed by atoms with E-state index in [1.165, 1.54) is 0 Å². The number of rotatable bonds is 1. The first-order valence-corrected chi connectivity index (χ1v) is 7.45. The van der Waals surface area contributed by atoms with Gasteiger partial charge in [0.05, 0.1) is 5.92 Å². The molecule has 2 nitrogen and oxygen atoms in total. The summed E-state index contributed by atoms with van der Waals surface area (Å²) < 4.78 is 38.4. The maximum absolute atomic E-state index is 12.8. The highest BCUT2D eigenvalue weighted by molar-refractivity contribution is 7.80. The van der Waals surface area contributed by atoms with Crippen molar-refractivity contribution in [1.82, 2.24) is 4.90 Å². The Balaban J connectivity index is 2.01. The predicted octanol–water partition coefficient (Wildman–Crippen LogP) is 4.62. The second kappa shape index (κ2) is 6.40. The molecule has 0 bridgehead atoms. The van der Waals surface area contributed by atoms with Crippen molar-refractivity contribution >= 4 is 34.6 Å². The molecule has 1 fully saturated rings. The Bertz CT molecular complexity index is 533. The van der Waals surface area contributed by atoms with Crippen molar-refractivity contribution in [2.45, 2.75) is 25.9 Å². The third-order valence-electron chi connectivity index (χ3n) is 3.59. The number of nitrogens with one attached hydrogen (secondary N) is 1. The molecule has 116 valence electrons. The van der Waals surface area contributed by atoms with Gasteiger partial charge in [-0.3, -0.25) is 0 Å². The number of alkyl halides is 3. The van der Waals surface area contributed by atoms with E-state index in [4.69, 9.17) is 23.8 Å². The summed E-state index contributed by atoms with van der Waals surface area (Å²) in [6, 6.07) is 5.36. The topological polar surface area (TPSA) is 15.3 Å². The van der Waals surface area contributed by atoms with Gasteiger partial charge in [0.1, 0.15) is 0 Å². The highest BCUT2D eigenvalue weighted by Crippen LogP contribution is 2.33. The Kier molecular flexibility index (Phi) is 4.99. The van der Waals surface area contributed by atoms with E-state index < -0.39 is 12.1 Å². The van der Waals surface area contributed by atoms with Gasteiger partial charge in [-0.2, -0.15) is 13.2 Å². The number of hydrogen-bond acceptors (Lipinski definition) is 1. The summed E-state index contributed by atoms with van der Waals surface area (Å²) in [5.74, 6) is -1.31. The number of hydrogen-bond donors (Lipinski definition) is 1. The molecule has 0 saturated carbocycles. The van der Waals surface area contributed by atoms with Crippen molar-refractivity contribution in [3.8, 4) is 0 Å². The van der Waals surface area contributed by atoms with Crippen molar-refractivity contribution in [2.24, 2.45) is 5.92 Å². The van der Waals surface area contributed by atoms with Crippen molar-refractivity contribution in [1.29, 1.82) is 0 Å². The van der Waals surface area contributed by atoms with E-state index in [1.807, 2.05) is 13.0 Å². The lowest BCUT2D eigenvalue weighted by Gasteiger charge is -2.35. The summed E-state index contributed by atoms with van der Waals surface area (Å²) in [6.07, 6.45) is -3.51.